The van der Waals surface area contributed by atoms with Crippen molar-refractivity contribution >= 4 is 11.6 Å². The highest BCUT2D eigenvalue weighted by Gasteiger charge is 2.14. The number of hydrogen-bond acceptors (Lipinski definition) is 4. The monoisotopic (exact) mass is 292 g/mol. The van der Waals surface area contributed by atoms with Gasteiger partial charge in [-0.1, -0.05) is 37.6 Å². The van der Waals surface area contributed by atoms with Gasteiger partial charge < -0.3 is 9.47 Å². The molecule has 0 unspecified atom stereocenters. The Labute approximate surface area is 123 Å². The van der Waals surface area contributed by atoms with Gasteiger partial charge in [0.15, 0.2) is 0 Å². The molecule has 106 valence electrons. The highest BCUT2D eigenvalue weighted by atomic mass is 35.5. The van der Waals surface area contributed by atoms with E-state index in [0.29, 0.717) is 17.6 Å². The third-order valence-corrected chi connectivity index (χ3v) is 3.21. The van der Waals surface area contributed by atoms with Gasteiger partial charge in [0.05, 0.1) is 12.7 Å². The summed E-state index contributed by atoms with van der Waals surface area (Å²) in [6, 6.07) is 7.71. The molecule has 0 aliphatic rings. The van der Waals surface area contributed by atoms with E-state index in [9.17, 15) is 0 Å². The van der Waals surface area contributed by atoms with Gasteiger partial charge in [-0.25, -0.2) is 9.97 Å². The largest absolute Gasteiger partial charge is 0.497 e. The van der Waals surface area contributed by atoms with E-state index in [1.807, 2.05) is 38.1 Å². The van der Waals surface area contributed by atoms with Gasteiger partial charge >= 0.3 is 0 Å². The summed E-state index contributed by atoms with van der Waals surface area (Å²) in [5.74, 6) is 1.56. The Morgan fingerprint density at radius 3 is 2.45 bits per heavy atom. The molecule has 2 rings (SSSR count). The molecule has 0 aliphatic carbocycles. The number of benzene rings is 1. The molecule has 0 spiro atoms. The SMILES string of the molecule is COc1ccc(COc2ncnc(Cl)c2C(C)C)cc1. The smallest absolute Gasteiger partial charge is 0.221 e. The molecule has 0 aliphatic heterocycles. The lowest BCUT2D eigenvalue weighted by atomic mass is 10.1. The van der Waals surface area contributed by atoms with Crippen molar-refractivity contribution in [2.45, 2.75) is 26.4 Å². The van der Waals surface area contributed by atoms with Crippen LogP contribution in [0.2, 0.25) is 5.15 Å². The highest BCUT2D eigenvalue weighted by Crippen LogP contribution is 2.30. The fraction of sp³-hybridized carbons (Fsp3) is 0.333. The normalized spacial score (nSPS) is 10.7. The summed E-state index contributed by atoms with van der Waals surface area (Å²) in [7, 11) is 1.64. The molecule has 0 saturated carbocycles. The molecule has 1 heterocycles. The summed E-state index contributed by atoms with van der Waals surface area (Å²) >= 11 is 6.10. The predicted molar refractivity (Wildman–Crippen MR) is 78.5 cm³/mol. The third kappa shape index (κ3) is 3.39. The maximum atomic E-state index is 6.10. The first kappa shape index (κ1) is 14.6. The van der Waals surface area contributed by atoms with Crippen LogP contribution in [0.4, 0.5) is 0 Å². The molecule has 0 amide bonds. The van der Waals surface area contributed by atoms with E-state index in [1.165, 1.54) is 6.33 Å². The number of aromatic nitrogens is 2. The third-order valence-electron chi connectivity index (χ3n) is 2.91. The quantitative estimate of drug-likeness (QED) is 0.785. The minimum atomic E-state index is 0.203. The Hall–Kier alpha value is -1.81. The van der Waals surface area contributed by atoms with Crippen molar-refractivity contribution in [3.8, 4) is 11.6 Å². The molecule has 20 heavy (non-hydrogen) atoms. The van der Waals surface area contributed by atoms with Crippen molar-refractivity contribution in [1.29, 1.82) is 0 Å². The Morgan fingerprint density at radius 2 is 1.85 bits per heavy atom. The van der Waals surface area contributed by atoms with Crippen LogP contribution in [0.15, 0.2) is 30.6 Å². The Kier molecular flexibility index (Phi) is 4.79. The molecule has 1 aromatic carbocycles. The average molecular weight is 293 g/mol. The second kappa shape index (κ2) is 6.57. The van der Waals surface area contributed by atoms with E-state index in [2.05, 4.69) is 9.97 Å². The molecule has 1 aromatic heterocycles. The number of methoxy groups -OCH3 is 1. The van der Waals surface area contributed by atoms with E-state index >= 15 is 0 Å². The minimum absolute atomic E-state index is 0.203. The van der Waals surface area contributed by atoms with Crippen molar-refractivity contribution in [3.05, 3.63) is 46.9 Å². The fourth-order valence-corrected chi connectivity index (χ4v) is 2.18. The number of halogens is 1. The first-order chi connectivity index (χ1) is 9.61. The minimum Gasteiger partial charge on any atom is -0.497 e. The zero-order valence-electron chi connectivity index (χ0n) is 11.8. The maximum Gasteiger partial charge on any atom is 0.221 e. The lowest BCUT2D eigenvalue weighted by Crippen LogP contribution is -2.03. The van der Waals surface area contributed by atoms with Crippen molar-refractivity contribution < 1.29 is 9.47 Å². The second-order valence-corrected chi connectivity index (χ2v) is 5.03. The van der Waals surface area contributed by atoms with E-state index < -0.39 is 0 Å². The number of hydrogen-bond donors (Lipinski definition) is 0. The second-order valence-electron chi connectivity index (χ2n) is 4.67. The fourth-order valence-electron chi connectivity index (χ4n) is 1.83. The molecule has 0 N–H and O–H groups in total. The standard InChI is InChI=1S/C15H17ClN2O2/c1-10(2)13-14(16)17-9-18-15(13)20-8-11-4-6-12(19-3)7-5-11/h4-7,9-10H,8H2,1-3H3. The van der Waals surface area contributed by atoms with Gasteiger partial charge in [0.25, 0.3) is 0 Å². The molecule has 0 fully saturated rings. The van der Waals surface area contributed by atoms with Crippen LogP contribution in [0, 0.1) is 0 Å². The van der Waals surface area contributed by atoms with Gasteiger partial charge in [-0.3, -0.25) is 0 Å². The summed E-state index contributed by atoms with van der Waals surface area (Å²) in [4.78, 5) is 8.16. The first-order valence-electron chi connectivity index (χ1n) is 6.38. The van der Waals surface area contributed by atoms with Gasteiger partial charge in [-0.05, 0) is 23.6 Å². The van der Waals surface area contributed by atoms with Crippen molar-refractivity contribution in [2.75, 3.05) is 7.11 Å². The topological polar surface area (TPSA) is 44.2 Å². The van der Waals surface area contributed by atoms with Crippen molar-refractivity contribution in [2.24, 2.45) is 0 Å². The lowest BCUT2D eigenvalue weighted by Gasteiger charge is -2.13. The molecular formula is C15H17ClN2O2. The van der Waals surface area contributed by atoms with Gasteiger partial charge in [0.1, 0.15) is 23.8 Å². The summed E-state index contributed by atoms with van der Waals surface area (Å²) in [6.45, 7) is 4.49. The Bertz CT molecular complexity index is 571. The van der Waals surface area contributed by atoms with E-state index in [4.69, 9.17) is 21.1 Å². The van der Waals surface area contributed by atoms with Crippen LogP contribution in [0.5, 0.6) is 11.6 Å². The number of ether oxygens (including phenoxy) is 2. The first-order valence-corrected chi connectivity index (χ1v) is 6.75. The van der Waals surface area contributed by atoms with Crippen LogP contribution in [-0.2, 0) is 6.61 Å². The highest BCUT2D eigenvalue weighted by molar-refractivity contribution is 6.30. The average Bonchev–Trinajstić information content (AvgIpc) is 2.45. The van der Waals surface area contributed by atoms with E-state index in [0.717, 1.165) is 16.9 Å². The summed E-state index contributed by atoms with van der Waals surface area (Å²) < 4.78 is 10.9. The molecule has 2 aromatic rings. The van der Waals surface area contributed by atoms with E-state index in [-0.39, 0.29) is 5.92 Å². The van der Waals surface area contributed by atoms with Crippen LogP contribution >= 0.6 is 11.6 Å². The van der Waals surface area contributed by atoms with Crippen LogP contribution < -0.4 is 9.47 Å². The Balaban J connectivity index is 2.12. The van der Waals surface area contributed by atoms with E-state index in [1.54, 1.807) is 7.11 Å². The summed E-state index contributed by atoms with van der Waals surface area (Å²) in [5.41, 5.74) is 1.87. The lowest BCUT2D eigenvalue weighted by molar-refractivity contribution is 0.288. The van der Waals surface area contributed by atoms with Gasteiger partial charge in [-0.15, -0.1) is 0 Å². The summed E-state index contributed by atoms with van der Waals surface area (Å²) in [6.07, 6.45) is 1.41. The van der Waals surface area contributed by atoms with Crippen LogP contribution in [0.25, 0.3) is 0 Å². The molecule has 4 nitrogen and oxygen atoms in total. The predicted octanol–water partition coefficient (Wildman–Crippen LogP) is 3.84. The maximum absolute atomic E-state index is 6.10. The van der Waals surface area contributed by atoms with Crippen LogP contribution in [0.1, 0.15) is 30.9 Å². The Morgan fingerprint density at radius 1 is 1.15 bits per heavy atom. The zero-order valence-corrected chi connectivity index (χ0v) is 12.5. The van der Waals surface area contributed by atoms with Crippen molar-refractivity contribution in [1.82, 2.24) is 9.97 Å². The molecule has 0 bridgehead atoms. The molecule has 0 radical (unpaired) electrons. The number of nitrogens with zero attached hydrogens (tertiary/aromatic N) is 2. The molecule has 0 saturated heterocycles. The van der Waals surface area contributed by atoms with Crippen molar-refractivity contribution in [3.63, 3.8) is 0 Å². The molecule has 0 atom stereocenters. The molecular weight excluding hydrogens is 276 g/mol. The van der Waals surface area contributed by atoms with Crippen LogP contribution in [0.3, 0.4) is 0 Å². The van der Waals surface area contributed by atoms with Gasteiger partial charge in [-0.2, -0.15) is 0 Å². The van der Waals surface area contributed by atoms with Gasteiger partial charge in [0, 0.05) is 0 Å². The number of rotatable bonds is 5. The van der Waals surface area contributed by atoms with Gasteiger partial charge in [0.2, 0.25) is 5.88 Å². The zero-order chi connectivity index (χ0) is 14.5. The summed E-state index contributed by atoms with van der Waals surface area (Å²) in [5, 5.41) is 0.444. The van der Waals surface area contributed by atoms with Crippen LogP contribution in [-0.4, -0.2) is 17.1 Å². The molecule has 5 heteroatoms.